The average Bonchev–Trinajstić information content (AvgIpc) is 3.25. The molecule has 28 heavy (non-hydrogen) atoms. The largest absolute Gasteiger partial charge is 0.398 e. The highest BCUT2D eigenvalue weighted by atomic mass is 16.1. The summed E-state index contributed by atoms with van der Waals surface area (Å²) < 4.78 is 0. The molecule has 5 heteroatoms. The number of nitrogens with one attached hydrogen (secondary N) is 2. The second-order valence-electron chi connectivity index (χ2n) is 7.18. The number of hydrogen-bond donors (Lipinski definition) is 4. The van der Waals surface area contributed by atoms with Gasteiger partial charge in [-0.2, -0.15) is 0 Å². The molecular weight excluding hydrogens is 348 g/mol. The summed E-state index contributed by atoms with van der Waals surface area (Å²) in [5, 5.41) is 6.14. The lowest BCUT2D eigenvalue weighted by Crippen LogP contribution is -2.28. The summed E-state index contributed by atoms with van der Waals surface area (Å²) in [6.07, 6.45) is 8.44. The van der Waals surface area contributed by atoms with E-state index in [0.717, 1.165) is 17.8 Å². The van der Waals surface area contributed by atoms with Gasteiger partial charge >= 0.3 is 0 Å². The minimum absolute atomic E-state index is 0.0497. The van der Waals surface area contributed by atoms with Crippen LogP contribution in [0.5, 0.6) is 0 Å². The van der Waals surface area contributed by atoms with E-state index in [4.69, 9.17) is 11.5 Å². The normalized spacial score (nSPS) is 15.4. The molecule has 2 aromatic rings. The molecule has 0 aliphatic heterocycles. The highest BCUT2D eigenvalue weighted by molar-refractivity contribution is 5.95. The Bertz CT molecular complexity index is 852. The van der Waals surface area contributed by atoms with Crippen molar-refractivity contribution in [2.45, 2.75) is 25.7 Å². The summed E-state index contributed by atoms with van der Waals surface area (Å²) >= 11 is 0. The standard InChI is InChI=1S/C23H28N4O/c24-21(18-9-2-1-3-10-18)13-14-22(25)27-20-12-6-11-19(15-20)23(28)26-16-17-7-4-5-8-17/h1-3,6,9-15,17,27H,4-5,7-8,16,24-25H2,(H,26,28)/b21-13-,22-14+. The van der Waals surface area contributed by atoms with Crippen LogP contribution >= 0.6 is 0 Å². The van der Waals surface area contributed by atoms with Crippen LogP contribution in [-0.2, 0) is 0 Å². The molecule has 3 rings (SSSR count). The van der Waals surface area contributed by atoms with Gasteiger partial charge in [0.15, 0.2) is 0 Å². The molecule has 1 aliphatic carbocycles. The Morgan fingerprint density at radius 3 is 2.43 bits per heavy atom. The number of benzene rings is 2. The van der Waals surface area contributed by atoms with Crippen LogP contribution in [0.2, 0.25) is 0 Å². The Morgan fingerprint density at radius 2 is 1.68 bits per heavy atom. The van der Waals surface area contributed by atoms with Gasteiger partial charge < -0.3 is 22.1 Å². The molecule has 2 aromatic carbocycles. The van der Waals surface area contributed by atoms with Gasteiger partial charge in [0, 0.05) is 23.5 Å². The van der Waals surface area contributed by atoms with Gasteiger partial charge in [0.1, 0.15) is 5.82 Å². The molecule has 146 valence electrons. The lowest BCUT2D eigenvalue weighted by atomic mass is 10.1. The van der Waals surface area contributed by atoms with Gasteiger partial charge in [-0.25, -0.2) is 0 Å². The van der Waals surface area contributed by atoms with E-state index < -0.39 is 0 Å². The first-order valence-corrected chi connectivity index (χ1v) is 9.75. The molecule has 1 amide bonds. The third kappa shape index (κ3) is 5.64. The van der Waals surface area contributed by atoms with Crippen LogP contribution in [0.4, 0.5) is 5.69 Å². The molecule has 5 nitrogen and oxygen atoms in total. The van der Waals surface area contributed by atoms with E-state index in [1.165, 1.54) is 25.7 Å². The number of amides is 1. The summed E-state index contributed by atoms with van der Waals surface area (Å²) in [7, 11) is 0. The fourth-order valence-corrected chi connectivity index (χ4v) is 3.41. The molecule has 0 aromatic heterocycles. The van der Waals surface area contributed by atoms with Crippen LogP contribution in [0, 0.1) is 5.92 Å². The number of rotatable bonds is 7. The summed E-state index contributed by atoms with van der Waals surface area (Å²) in [4.78, 5) is 12.4. The fourth-order valence-electron chi connectivity index (χ4n) is 3.41. The van der Waals surface area contributed by atoms with Gasteiger partial charge in [-0.3, -0.25) is 4.79 Å². The summed E-state index contributed by atoms with van der Waals surface area (Å²) in [5.74, 6) is 1.01. The van der Waals surface area contributed by atoms with Crippen molar-refractivity contribution in [3.63, 3.8) is 0 Å². The van der Waals surface area contributed by atoms with Crippen molar-refractivity contribution in [2.75, 3.05) is 11.9 Å². The smallest absolute Gasteiger partial charge is 0.251 e. The molecule has 1 fully saturated rings. The van der Waals surface area contributed by atoms with Crippen molar-refractivity contribution in [1.29, 1.82) is 0 Å². The van der Waals surface area contributed by atoms with Crippen LogP contribution in [0.3, 0.4) is 0 Å². The lowest BCUT2D eigenvalue weighted by molar-refractivity contribution is 0.0947. The van der Waals surface area contributed by atoms with Crippen LogP contribution in [0.1, 0.15) is 41.6 Å². The van der Waals surface area contributed by atoms with Crippen molar-refractivity contribution in [3.05, 3.63) is 83.7 Å². The highest BCUT2D eigenvalue weighted by Crippen LogP contribution is 2.23. The Morgan fingerprint density at radius 1 is 0.964 bits per heavy atom. The quantitative estimate of drug-likeness (QED) is 0.553. The van der Waals surface area contributed by atoms with Crippen molar-refractivity contribution in [1.82, 2.24) is 5.32 Å². The Kier molecular flexibility index (Phi) is 6.73. The molecule has 0 atom stereocenters. The molecule has 1 aliphatic rings. The van der Waals surface area contributed by atoms with E-state index in [2.05, 4.69) is 10.6 Å². The van der Waals surface area contributed by atoms with E-state index in [-0.39, 0.29) is 5.91 Å². The zero-order chi connectivity index (χ0) is 19.8. The van der Waals surface area contributed by atoms with E-state index >= 15 is 0 Å². The van der Waals surface area contributed by atoms with Crippen molar-refractivity contribution < 1.29 is 4.79 Å². The van der Waals surface area contributed by atoms with Crippen LogP contribution in [0.25, 0.3) is 5.70 Å². The highest BCUT2D eigenvalue weighted by Gasteiger charge is 2.16. The molecule has 0 unspecified atom stereocenters. The van der Waals surface area contributed by atoms with E-state index in [0.29, 0.717) is 23.0 Å². The number of nitrogens with two attached hydrogens (primary N) is 2. The number of hydrogen-bond acceptors (Lipinski definition) is 4. The van der Waals surface area contributed by atoms with Crippen LogP contribution in [0.15, 0.2) is 72.6 Å². The minimum Gasteiger partial charge on any atom is -0.398 e. The zero-order valence-electron chi connectivity index (χ0n) is 16.0. The molecule has 0 spiro atoms. The van der Waals surface area contributed by atoms with Gasteiger partial charge in [0.05, 0.1) is 0 Å². The Labute approximate surface area is 166 Å². The zero-order valence-corrected chi connectivity index (χ0v) is 16.0. The van der Waals surface area contributed by atoms with Gasteiger partial charge in [-0.15, -0.1) is 0 Å². The van der Waals surface area contributed by atoms with E-state index in [9.17, 15) is 4.79 Å². The maximum absolute atomic E-state index is 12.4. The maximum atomic E-state index is 12.4. The van der Waals surface area contributed by atoms with Crippen molar-refractivity contribution in [2.24, 2.45) is 17.4 Å². The Hall–Kier alpha value is -3.21. The van der Waals surface area contributed by atoms with E-state index in [1.807, 2.05) is 48.5 Å². The minimum atomic E-state index is -0.0497. The number of anilines is 1. The maximum Gasteiger partial charge on any atom is 0.251 e. The number of carbonyl (C=O) groups is 1. The van der Waals surface area contributed by atoms with Gasteiger partial charge in [-0.1, -0.05) is 49.2 Å². The monoisotopic (exact) mass is 376 g/mol. The molecule has 6 N–H and O–H groups in total. The lowest BCUT2D eigenvalue weighted by Gasteiger charge is -2.12. The molecule has 0 saturated heterocycles. The second-order valence-corrected chi connectivity index (χ2v) is 7.18. The van der Waals surface area contributed by atoms with Crippen LogP contribution in [-0.4, -0.2) is 12.5 Å². The molecular formula is C23H28N4O. The third-order valence-electron chi connectivity index (χ3n) is 4.99. The van der Waals surface area contributed by atoms with Crippen molar-refractivity contribution in [3.8, 4) is 0 Å². The van der Waals surface area contributed by atoms with Gasteiger partial charge in [0.2, 0.25) is 0 Å². The molecule has 0 radical (unpaired) electrons. The fraction of sp³-hybridized carbons (Fsp3) is 0.261. The van der Waals surface area contributed by atoms with E-state index in [1.54, 1.807) is 18.2 Å². The third-order valence-corrected chi connectivity index (χ3v) is 4.99. The number of allylic oxidation sites excluding steroid dienone is 2. The summed E-state index contributed by atoms with van der Waals surface area (Å²) in [6.45, 7) is 0.752. The van der Waals surface area contributed by atoms with Crippen molar-refractivity contribution >= 4 is 17.3 Å². The topological polar surface area (TPSA) is 93.2 Å². The predicted octanol–water partition coefficient (Wildman–Crippen LogP) is 3.82. The second kappa shape index (κ2) is 9.65. The SMILES string of the molecule is N/C(=C\C=C(/N)Nc1cccc(C(=O)NCC2CCCC2)c1)c1ccccc1. The van der Waals surface area contributed by atoms with Gasteiger partial charge in [0.25, 0.3) is 5.91 Å². The first-order chi connectivity index (χ1) is 13.6. The van der Waals surface area contributed by atoms with Gasteiger partial charge in [-0.05, 0) is 54.7 Å². The first-order valence-electron chi connectivity index (χ1n) is 9.75. The summed E-state index contributed by atoms with van der Waals surface area (Å²) in [6, 6.07) is 17.0. The Balaban J connectivity index is 1.59. The number of carbonyl (C=O) groups excluding carboxylic acids is 1. The first kappa shape index (κ1) is 19.5. The predicted molar refractivity (Wildman–Crippen MR) is 115 cm³/mol. The van der Waals surface area contributed by atoms with Crippen LogP contribution < -0.4 is 22.1 Å². The molecule has 0 bridgehead atoms. The molecule has 1 saturated carbocycles. The summed E-state index contributed by atoms with van der Waals surface area (Å²) in [5.41, 5.74) is 15.1. The average molecular weight is 377 g/mol. The molecule has 0 heterocycles.